The van der Waals surface area contributed by atoms with Crippen LogP contribution in [0.25, 0.3) is 0 Å². The van der Waals surface area contributed by atoms with Gasteiger partial charge in [0, 0.05) is 14.1 Å². The van der Waals surface area contributed by atoms with Gasteiger partial charge in [-0.15, -0.1) is 9.81 Å². The SMILES string of the molecule is CN(N=O)S(=O)(=O)c1ccccc1Oc1ccccc1S(=O)(=O)N(C)N=O. The van der Waals surface area contributed by atoms with Crippen molar-refractivity contribution >= 4 is 20.0 Å². The highest BCUT2D eigenvalue weighted by Crippen LogP contribution is 2.34. The van der Waals surface area contributed by atoms with Crippen molar-refractivity contribution in [2.45, 2.75) is 9.79 Å². The van der Waals surface area contributed by atoms with Crippen molar-refractivity contribution in [2.24, 2.45) is 10.6 Å². The van der Waals surface area contributed by atoms with Gasteiger partial charge in [-0.2, -0.15) is 25.7 Å². The van der Waals surface area contributed by atoms with Crippen LogP contribution in [0.2, 0.25) is 0 Å². The van der Waals surface area contributed by atoms with Crippen molar-refractivity contribution in [1.82, 2.24) is 8.83 Å². The first-order valence-electron chi connectivity index (χ1n) is 7.16. The lowest BCUT2D eigenvalue weighted by Crippen LogP contribution is -2.22. The highest BCUT2D eigenvalue weighted by molar-refractivity contribution is 7.89. The summed E-state index contributed by atoms with van der Waals surface area (Å²) >= 11 is 0. The second kappa shape index (κ2) is 7.67. The first-order valence-corrected chi connectivity index (χ1v) is 10.0. The van der Waals surface area contributed by atoms with Crippen molar-refractivity contribution in [3.8, 4) is 11.5 Å². The molecule has 0 N–H and O–H groups in total. The number of ether oxygens (including phenoxy) is 1. The Bertz CT molecular complexity index is 985. The molecule has 0 unspecified atom stereocenters. The Morgan fingerprint density at radius 1 is 0.704 bits per heavy atom. The summed E-state index contributed by atoms with van der Waals surface area (Å²) in [6.45, 7) is 0. The van der Waals surface area contributed by atoms with E-state index in [1.807, 2.05) is 0 Å². The second-order valence-corrected chi connectivity index (χ2v) is 8.87. The molecular weight excluding hydrogens is 400 g/mol. The third kappa shape index (κ3) is 3.88. The molecule has 27 heavy (non-hydrogen) atoms. The Balaban J connectivity index is 2.59. The van der Waals surface area contributed by atoms with Crippen LogP contribution in [0, 0.1) is 9.81 Å². The van der Waals surface area contributed by atoms with E-state index in [4.69, 9.17) is 4.74 Å². The summed E-state index contributed by atoms with van der Waals surface area (Å²) in [5.41, 5.74) is 0. The molecule has 0 bridgehead atoms. The fraction of sp³-hybridized carbons (Fsp3) is 0.143. The van der Waals surface area contributed by atoms with Crippen LogP contribution in [0.4, 0.5) is 0 Å². The zero-order chi connectivity index (χ0) is 20.2. The van der Waals surface area contributed by atoms with Crippen LogP contribution in [-0.4, -0.2) is 39.8 Å². The second-order valence-electron chi connectivity index (χ2n) is 5.04. The summed E-state index contributed by atoms with van der Waals surface area (Å²) in [7, 11) is -6.72. The zero-order valence-electron chi connectivity index (χ0n) is 14.1. The van der Waals surface area contributed by atoms with Gasteiger partial charge in [0.05, 0.1) is 10.6 Å². The van der Waals surface area contributed by atoms with Crippen LogP contribution < -0.4 is 4.74 Å². The molecule has 144 valence electrons. The molecule has 0 spiro atoms. The highest BCUT2D eigenvalue weighted by Gasteiger charge is 2.28. The topological polar surface area (TPSA) is 143 Å². The van der Waals surface area contributed by atoms with Crippen LogP contribution in [0.15, 0.2) is 68.9 Å². The van der Waals surface area contributed by atoms with E-state index in [9.17, 15) is 26.6 Å². The Morgan fingerprint density at radius 3 is 1.37 bits per heavy atom. The molecule has 0 aromatic heterocycles. The average molecular weight is 414 g/mol. The van der Waals surface area contributed by atoms with Gasteiger partial charge in [-0.25, -0.2) is 0 Å². The molecule has 2 aromatic rings. The molecule has 2 rings (SSSR count). The fourth-order valence-electron chi connectivity index (χ4n) is 1.99. The Hall–Kier alpha value is -3.06. The molecular formula is C14H14N4O7S2. The summed E-state index contributed by atoms with van der Waals surface area (Å²) in [6, 6.07) is 10.6. The van der Waals surface area contributed by atoms with E-state index >= 15 is 0 Å². The van der Waals surface area contributed by atoms with Crippen LogP contribution in [0.5, 0.6) is 11.5 Å². The maximum atomic E-state index is 12.4. The minimum absolute atomic E-state index is 0.210. The molecule has 0 fully saturated rings. The van der Waals surface area contributed by atoms with Gasteiger partial charge in [-0.05, 0) is 24.3 Å². The molecule has 0 radical (unpaired) electrons. The van der Waals surface area contributed by atoms with E-state index in [1.165, 1.54) is 48.5 Å². The van der Waals surface area contributed by atoms with Crippen molar-refractivity contribution in [1.29, 1.82) is 0 Å². The van der Waals surface area contributed by atoms with Gasteiger partial charge in [0.15, 0.2) is 0 Å². The first kappa shape index (κ1) is 20.3. The van der Waals surface area contributed by atoms with Crippen LogP contribution in [0.1, 0.15) is 0 Å². The largest absolute Gasteiger partial charge is 0.454 e. The zero-order valence-corrected chi connectivity index (χ0v) is 15.7. The lowest BCUT2D eigenvalue weighted by Gasteiger charge is -2.17. The lowest BCUT2D eigenvalue weighted by atomic mass is 10.3. The minimum atomic E-state index is -4.31. The number of benzene rings is 2. The molecule has 0 heterocycles. The molecule has 2 aromatic carbocycles. The number of nitroso groups, excluding NO2 is 2. The predicted octanol–water partition coefficient (Wildman–Crippen LogP) is 2.08. The molecule has 0 saturated carbocycles. The number of hydrogen-bond acceptors (Lipinski definition) is 9. The number of hydrogen-bond donors (Lipinski definition) is 0. The van der Waals surface area contributed by atoms with Crippen molar-refractivity contribution in [3.63, 3.8) is 0 Å². The minimum Gasteiger partial charge on any atom is -0.454 e. The standard InChI is InChI=1S/C14H14N4O7S2/c1-17(15-19)26(21,22)13-9-5-3-7-11(13)25-12-8-4-6-10-14(12)27(23,24)18(2)16-20/h3-10H,1-2H3. The van der Waals surface area contributed by atoms with Gasteiger partial charge >= 0.3 is 0 Å². The van der Waals surface area contributed by atoms with Gasteiger partial charge in [-0.3, -0.25) is 0 Å². The van der Waals surface area contributed by atoms with Crippen LogP contribution in [0.3, 0.4) is 0 Å². The van der Waals surface area contributed by atoms with Crippen molar-refractivity contribution < 1.29 is 21.6 Å². The van der Waals surface area contributed by atoms with E-state index in [2.05, 4.69) is 10.6 Å². The summed E-state index contributed by atoms with van der Waals surface area (Å²) in [5, 5.41) is 4.73. The van der Waals surface area contributed by atoms with Crippen LogP contribution in [-0.2, 0) is 20.0 Å². The molecule has 0 amide bonds. The molecule has 0 aliphatic carbocycles. The molecule has 13 heteroatoms. The number of rotatable bonds is 8. The molecule has 11 nitrogen and oxygen atoms in total. The maximum Gasteiger partial charge on any atom is 0.284 e. The van der Waals surface area contributed by atoms with Crippen molar-refractivity contribution in [2.75, 3.05) is 14.1 Å². The predicted molar refractivity (Wildman–Crippen MR) is 94.4 cm³/mol. The van der Waals surface area contributed by atoms with E-state index in [0.29, 0.717) is 0 Å². The van der Waals surface area contributed by atoms with Gasteiger partial charge in [-0.1, -0.05) is 24.3 Å². The number of sulfonamides is 2. The van der Waals surface area contributed by atoms with Gasteiger partial charge in [0.2, 0.25) is 0 Å². The molecule has 0 aliphatic heterocycles. The quantitative estimate of drug-likeness (QED) is 0.475. The van der Waals surface area contributed by atoms with E-state index < -0.39 is 29.8 Å². The Labute approximate surface area is 155 Å². The Morgan fingerprint density at radius 2 is 1.04 bits per heavy atom. The normalized spacial score (nSPS) is 11.5. The monoisotopic (exact) mass is 414 g/mol. The van der Waals surface area contributed by atoms with Crippen molar-refractivity contribution in [3.05, 3.63) is 58.3 Å². The maximum absolute atomic E-state index is 12.4. The third-order valence-electron chi connectivity index (χ3n) is 3.40. The molecule has 0 saturated heterocycles. The van der Waals surface area contributed by atoms with E-state index in [0.717, 1.165) is 14.1 Å². The van der Waals surface area contributed by atoms with Crippen LogP contribution >= 0.6 is 0 Å². The van der Waals surface area contributed by atoms with Gasteiger partial charge < -0.3 is 4.74 Å². The number of nitrogens with zero attached hydrogens (tertiary/aromatic N) is 4. The van der Waals surface area contributed by atoms with E-state index in [-0.39, 0.29) is 20.3 Å². The third-order valence-corrected chi connectivity index (χ3v) is 6.71. The smallest absolute Gasteiger partial charge is 0.284 e. The van der Waals surface area contributed by atoms with Gasteiger partial charge in [0.25, 0.3) is 20.0 Å². The van der Waals surface area contributed by atoms with Gasteiger partial charge in [0.1, 0.15) is 21.3 Å². The first-order chi connectivity index (χ1) is 12.7. The summed E-state index contributed by atoms with van der Waals surface area (Å²) in [5.74, 6) is -0.477. The highest BCUT2D eigenvalue weighted by atomic mass is 32.2. The number of para-hydroxylation sites is 2. The molecule has 0 aliphatic rings. The summed E-state index contributed by atoms with van der Waals surface area (Å²) in [4.78, 5) is 20.4. The fourth-order valence-corrected chi connectivity index (χ4v) is 3.96. The lowest BCUT2D eigenvalue weighted by molar-refractivity contribution is 0.437. The van der Waals surface area contributed by atoms with E-state index in [1.54, 1.807) is 0 Å². The summed E-state index contributed by atoms with van der Waals surface area (Å²) < 4.78 is 55.4. The average Bonchev–Trinajstić information content (AvgIpc) is 2.67. The summed E-state index contributed by atoms with van der Waals surface area (Å²) in [6.07, 6.45) is 0. The Kier molecular flexibility index (Phi) is 5.75. The molecule has 0 atom stereocenters.